The van der Waals surface area contributed by atoms with Crippen molar-refractivity contribution >= 4 is 11.8 Å². The van der Waals surface area contributed by atoms with E-state index in [4.69, 9.17) is 9.47 Å². The molecule has 5 aliphatic rings. The van der Waals surface area contributed by atoms with Crippen LogP contribution in [0.25, 0.3) is 0 Å². The van der Waals surface area contributed by atoms with Crippen LogP contribution in [-0.2, 0) is 19.1 Å². The molecule has 0 unspecified atom stereocenters. The molecule has 0 bridgehead atoms. The van der Waals surface area contributed by atoms with E-state index >= 15 is 0 Å². The molecule has 1 aliphatic heterocycles. The molecule has 0 aromatic carbocycles. The molecule has 4 N–H and O–H groups in total. The monoisotopic (exact) mass is 466 g/mol. The van der Waals surface area contributed by atoms with E-state index in [0.717, 1.165) is 57.8 Å². The van der Waals surface area contributed by atoms with Crippen molar-refractivity contribution in [2.24, 2.45) is 34.5 Å². The van der Waals surface area contributed by atoms with Gasteiger partial charge in [0, 0.05) is 11.8 Å². The molecule has 1 saturated heterocycles. The highest BCUT2D eigenvalue weighted by Gasteiger charge is 2.60. The van der Waals surface area contributed by atoms with Crippen molar-refractivity contribution in [3.8, 4) is 0 Å². The standard InChI is InChI=1S/C25H38O8/c1-24-9-7-13(32-23-20(29)18(27)19(28)21(33-23)22(30)31)11-12(24)3-4-14-15-5-6-17(26)25(15,2)10-8-16(14)24/h12-16,18-21,23,27-29H,3-11H2,1-2H3,(H,30,31)/t12-,13-,14-,15-,16-,18-,19-,20+,21-,23+,24-,25-/m0/s1. The molecule has 4 aliphatic carbocycles. The fourth-order valence-corrected chi connectivity index (χ4v) is 8.47. The first-order valence-electron chi connectivity index (χ1n) is 12.7. The highest BCUT2D eigenvalue weighted by molar-refractivity contribution is 5.87. The van der Waals surface area contributed by atoms with Gasteiger partial charge in [0.05, 0.1) is 6.10 Å². The molecular weight excluding hydrogens is 428 g/mol. The quantitative estimate of drug-likeness (QED) is 0.463. The summed E-state index contributed by atoms with van der Waals surface area (Å²) in [4.78, 5) is 24.0. The zero-order chi connectivity index (χ0) is 23.7. The fourth-order valence-electron chi connectivity index (χ4n) is 8.47. The van der Waals surface area contributed by atoms with Gasteiger partial charge in [-0.05, 0) is 80.5 Å². The molecule has 0 amide bonds. The van der Waals surface area contributed by atoms with Crippen LogP contribution in [0.2, 0.25) is 0 Å². The number of aliphatic carboxylic acids is 1. The topological polar surface area (TPSA) is 134 Å². The molecule has 0 aromatic rings. The molecular formula is C25H38O8. The van der Waals surface area contributed by atoms with Crippen molar-refractivity contribution in [1.29, 1.82) is 0 Å². The largest absolute Gasteiger partial charge is 0.479 e. The first kappa shape index (κ1) is 23.7. The number of carboxylic acids is 1. The number of fused-ring (bicyclic) bond motifs is 5. The third-order valence-electron chi connectivity index (χ3n) is 10.5. The maximum atomic E-state index is 12.6. The lowest BCUT2D eigenvalue weighted by atomic mass is 9.45. The molecule has 4 saturated carbocycles. The van der Waals surface area contributed by atoms with Gasteiger partial charge >= 0.3 is 5.97 Å². The summed E-state index contributed by atoms with van der Waals surface area (Å²) in [6.45, 7) is 4.62. The Hall–Kier alpha value is -1.06. The van der Waals surface area contributed by atoms with Gasteiger partial charge in [0.2, 0.25) is 0 Å². The molecule has 0 aromatic heterocycles. The Morgan fingerprint density at radius 2 is 1.73 bits per heavy atom. The number of aliphatic hydroxyl groups excluding tert-OH is 3. The molecule has 0 spiro atoms. The van der Waals surface area contributed by atoms with E-state index < -0.39 is 36.7 Å². The average Bonchev–Trinajstić information content (AvgIpc) is 3.08. The van der Waals surface area contributed by atoms with E-state index in [9.17, 15) is 30.0 Å². The fraction of sp³-hybridized carbons (Fsp3) is 0.920. The first-order valence-corrected chi connectivity index (χ1v) is 12.7. The number of carbonyl (C=O) groups excluding carboxylic acids is 1. The maximum Gasteiger partial charge on any atom is 0.335 e. The van der Waals surface area contributed by atoms with Crippen molar-refractivity contribution in [2.45, 2.75) is 108 Å². The zero-order valence-electron chi connectivity index (χ0n) is 19.6. The third kappa shape index (κ3) is 3.59. The number of aliphatic hydroxyl groups is 3. The number of hydrogen-bond donors (Lipinski definition) is 4. The summed E-state index contributed by atoms with van der Waals surface area (Å²) < 4.78 is 11.4. The molecule has 5 rings (SSSR count). The van der Waals surface area contributed by atoms with Crippen LogP contribution in [0, 0.1) is 34.5 Å². The second-order valence-corrected chi connectivity index (χ2v) is 11.8. The van der Waals surface area contributed by atoms with Crippen molar-refractivity contribution in [3.05, 3.63) is 0 Å². The lowest BCUT2D eigenvalue weighted by molar-refractivity contribution is -0.309. The van der Waals surface area contributed by atoms with Crippen molar-refractivity contribution in [1.82, 2.24) is 0 Å². The summed E-state index contributed by atoms with van der Waals surface area (Å²) in [6.07, 6.45) is 0.719. The van der Waals surface area contributed by atoms with Gasteiger partial charge in [0.25, 0.3) is 0 Å². The second-order valence-electron chi connectivity index (χ2n) is 11.8. The highest BCUT2D eigenvalue weighted by atomic mass is 16.7. The van der Waals surface area contributed by atoms with E-state index in [1.54, 1.807) is 0 Å². The highest BCUT2D eigenvalue weighted by Crippen LogP contribution is 2.65. The first-order chi connectivity index (χ1) is 15.6. The Labute approximate surface area is 194 Å². The molecule has 0 radical (unpaired) electrons. The molecule has 5 fully saturated rings. The predicted octanol–water partition coefficient (Wildman–Crippen LogP) is 1.88. The van der Waals surface area contributed by atoms with E-state index in [0.29, 0.717) is 29.5 Å². The minimum Gasteiger partial charge on any atom is -0.479 e. The Morgan fingerprint density at radius 1 is 0.970 bits per heavy atom. The number of rotatable bonds is 3. The van der Waals surface area contributed by atoms with Crippen LogP contribution in [0.15, 0.2) is 0 Å². The number of carbonyl (C=O) groups is 2. The van der Waals surface area contributed by atoms with E-state index in [1.165, 1.54) is 0 Å². The van der Waals surface area contributed by atoms with Crippen LogP contribution in [0.5, 0.6) is 0 Å². The number of Topliss-reactive ketones (excluding diaryl/α,β-unsaturated/α-hetero) is 1. The van der Waals surface area contributed by atoms with Crippen LogP contribution in [0.4, 0.5) is 0 Å². The van der Waals surface area contributed by atoms with Crippen molar-refractivity contribution in [3.63, 3.8) is 0 Å². The molecule has 186 valence electrons. The Morgan fingerprint density at radius 3 is 2.45 bits per heavy atom. The summed E-state index contributed by atoms with van der Waals surface area (Å²) in [5.41, 5.74) is 0.0757. The van der Waals surface area contributed by atoms with Gasteiger partial charge < -0.3 is 29.9 Å². The Bertz CT molecular complexity index is 801. The summed E-state index contributed by atoms with van der Waals surface area (Å²) in [5, 5.41) is 39.6. The summed E-state index contributed by atoms with van der Waals surface area (Å²) in [5.74, 6) is 1.28. The minimum absolute atomic E-state index is 0.120. The van der Waals surface area contributed by atoms with Gasteiger partial charge in [-0.2, -0.15) is 0 Å². The van der Waals surface area contributed by atoms with Crippen LogP contribution in [0.1, 0.15) is 71.6 Å². The maximum absolute atomic E-state index is 12.6. The van der Waals surface area contributed by atoms with E-state index in [1.807, 2.05) is 0 Å². The van der Waals surface area contributed by atoms with Gasteiger partial charge in [0.1, 0.15) is 24.1 Å². The lowest BCUT2D eigenvalue weighted by Gasteiger charge is -2.60. The van der Waals surface area contributed by atoms with Crippen LogP contribution < -0.4 is 0 Å². The van der Waals surface area contributed by atoms with E-state index in [-0.39, 0.29) is 16.9 Å². The number of carboxylic acid groups (broad SMARTS) is 1. The van der Waals surface area contributed by atoms with Crippen molar-refractivity contribution < 1.29 is 39.5 Å². The normalized spacial score (nSPS) is 54.3. The van der Waals surface area contributed by atoms with Gasteiger partial charge in [0.15, 0.2) is 12.4 Å². The van der Waals surface area contributed by atoms with Crippen LogP contribution in [0.3, 0.4) is 0 Å². The molecule has 33 heavy (non-hydrogen) atoms. The summed E-state index contributed by atoms with van der Waals surface area (Å²) in [7, 11) is 0. The average molecular weight is 467 g/mol. The van der Waals surface area contributed by atoms with E-state index in [2.05, 4.69) is 13.8 Å². The Balaban J connectivity index is 1.26. The smallest absolute Gasteiger partial charge is 0.335 e. The molecule has 8 heteroatoms. The SMILES string of the molecule is C[C@]12CC[C@H](O[C@@H]3O[C@H](C(=O)O)[C@@H](O)[C@H](O)[C@H]3O)C[C@@H]1CC[C@@H]1[C@@H]2CC[C@]2(C)C(=O)CC[C@@H]12. The Kier molecular flexibility index (Phi) is 5.93. The zero-order valence-corrected chi connectivity index (χ0v) is 19.6. The minimum atomic E-state index is -1.71. The number of ketones is 1. The predicted molar refractivity (Wildman–Crippen MR) is 116 cm³/mol. The van der Waals surface area contributed by atoms with Crippen molar-refractivity contribution in [2.75, 3.05) is 0 Å². The van der Waals surface area contributed by atoms with Gasteiger partial charge in [-0.25, -0.2) is 4.79 Å². The second kappa shape index (κ2) is 8.26. The number of hydrogen-bond acceptors (Lipinski definition) is 7. The summed E-state index contributed by atoms with van der Waals surface area (Å²) >= 11 is 0. The molecule has 8 nitrogen and oxygen atoms in total. The molecule has 12 atom stereocenters. The number of ether oxygens (including phenoxy) is 2. The van der Waals surface area contributed by atoms with Crippen LogP contribution >= 0.6 is 0 Å². The van der Waals surface area contributed by atoms with Gasteiger partial charge in [-0.1, -0.05) is 13.8 Å². The van der Waals surface area contributed by atoms with Gasteiger partial charge in [-0.15, -0.1) is 0 Å². The molecule has 1 heterocycles. The van der Waals surface area contributed by atoms with Gasteiger partial charge in [-0.3, -0.25) is 4.79 Å². The third-order valence-corrected chi connectivity index (χ3v) is 10.5. The lowest BCUT2D eigenvalue weighted by Crippen LogP contribution is -2.61. The summed E-state index contributed by atoms with van der Waals surface area (Å²) in [6, 6.07) is 0. The van der Waals surface area contributed by atoms with Crippen LogP contribution in [-0.4, -0.2) is 69.0 Å².